The maximum absolute atomic E-state index is 13.9. The maximum Gasteiger partial charge on any atom is 0.171 e. The van der Waals surface area contributed by atoms with Crippen LogP contribution in [0.3, 0.4) is 0 Å². The van der Waals surface area contributed by atoms with Crippen molar-refractivity contribution in [2.45, 2.75) is 12.5 Å². The fourth-order valence-electron chi connectivity index (χ4n) is 2.27. The highest BCUT2D eigenvalue weighted by atomic mass is 79.9. The number of Topliss-reactive ketones (excluding diaryl/α,β-unsaturated/α-hetero) is 1. The van der Waals surface area contributed by atoms with Gasteiger partial charge in [-0.3, -0.25) is 4.79 Å². The van der Waals surface area contributed by atoms with Crippen molar-refractivity contribution in [3.05, 3.63) is 62.8 Å². The number of carbonyl (C=O) groups is 1. The highest BCUT2D eigenvalue weighted by Gasteiger charge is 2.30. The van der Waals surface area contributed by atoms with E-state index in [0.717, 1.165) is 0 Å². The van der Waals surface area contributed by atoms with E-state index in [9.17, 15) is 9.18 Å². The summed E-state index contributed by atoms with van der Waals surface area (Å²) in [6.45, 7) is 0. The van der Waals surface area contributed by atoms with Crippen molar-refractivity contribution in [3.8, 4) is 5.75 Å². The Labute approximate surface area is 128 Å². The van der Waals surface area contributed by atoms with Crippen LogP contribution in [0.2, 0.25) is 5.02 Å². The SMILES string of the molecule is O=C1CC(c2ccc(Cl)cc2F)Oc2cccc(Br)c21. The minimum absolute atomic E-state index is 0.0712. The van der Waals surface area contributed by atoms with Gasteiger partial charge < -0.3 is 4.74 Å². The molecule has 0 bridgehead atoms. The van der Waals surface area contributed by atoms with Crippen molar-refractivity contribution in [1.29, 1.82) is 0 Å². The van der Waals surface area contributed by atoms with Crippen molar-refractivity contribution in [3.63, 3.8) is 0 Å². The number of hydrogen-bond donors (Lipinski definition) is 0. The van der Waals surface area contributed by atoms with Crippen molar-refractivity contribution in [1.82, 2.24) is 0 Å². The molecular weight excluding hydrogens is 347 g/mol. The van der Waals surface area contributed by atoms with Gasteiger partial charge in [0.1, 0.15) is 17.7 Å². The molecule has 0 radical (unpaired) electrons. The molecule has 1 unspecified atom stereocenters. The zero-order valence-electron chi connectivity index (χ0n) is 10.2. The summed E-state index contributed by atoms with van der Waals surface area (Å²) in [4.78, 5) is 12.2. The van der Waals surface area contributed by atoms with Gasteiger partial charge in [0.25, 0.3) is 0 Å². The van der Waals surface area contributed by atoms with Crippen molar-refractivity contribution >= 4 is 33.3 Å². The van der Waals surface area contributed by atoms with Gasteiger partial charge in [0.2, 0.25) is 0 Å². The van der Waals surface area contributed by atoms with E-state index in [1.165, 1.54) is 6.07 Å². The molecule has 102 valence electrons. The van der Waals surface area contributed by atoms with Gasteiger partial charge in [-0.25, -0.2) is 4.39 Å². The largest absolute Gasteiger partial charge is 0.484 e. The molecule has 2 aromatic carbocycles. The monoisotopic (exact) mass is 354 g/mol. The number of ether oxygens (including phenoxy) is 1. The normalized spacial score (nSPS) is 17.6. The molecule has 20 heavy (non-hydrogen) atoms. The van der Waals surface area contributed by atoms with Gasteiger partial charge in [-0.05, 0) is 40.2 Å². The van der Waals surface area contributed by atoms with Crippen LogP contribution in [-0.2, 0) is 0 Å². The van der Waals surface area contributed by atoms with E-state index in [4.69, 9.17) is 16.3 Å². The van der Waals surface area contributed by atoms with E-state index in [2.05, 4.69) is 15.9 Å². The number of fused-ring (bicyclic) bond motifs is 1. The molecule has 0 saturated carbocycles. The fraction of sp³-hybridized carbons (Fsp3) is 0.133. The number of hydrogen-bond acceptors (Lipinski definition) is 2. The summed E-state index contributed by atoms with van der Waals surface area (Å²) in [6, 6.07) is 9.63. The standard InChI is InChI=1S/C15H9BrClFO2/c16-10-2-1-3-13-15(10)12(19)7-14(20-13)9-5-4-8(17)6-11(9)18/h1-6,14H,7H2. The summed E-state index contributed by atoms with van der Waals surface area (Å²) >= 11 is 9.06. The Hall–Kier alpha value is -1.39. The lowest BCUT2D eigenvalue weighted by molar-refractivity contribution is 0.0844. The third-order valence-electron chi connectivity index (χ3n) is 3.20. The van der Waals surface area contributed by atoms with Crippen LogP contribution in [0, 0.1) is 5.82 Å². The first-order valence-electron chi connectivity index (χ1n) is 5.99. The molecule has 0 N–H and O–H groups in total. The fourth-order valence-corrected chi connectivity index (χ4v) is 3.00. The molecule has 1 aliphatic heterocycles. The van der Waals surface area contributed by atoms with E-state index in [0.29, 0.717) is 26.4 Å². The molecule has 2 aromatic rings. The maximum atomic E-state index is 13.9. The quantitative estimate of drug-likeness (QED) is 0.723. The van der Waals surface area contributed by atoms with E-state index >= 15 is 0 Å². The smallest absolute Gasteiger partial charge is 0.171 e. The predicted octanol–water partition coefficient (Wildman–Crippen LogP) is 4.95. The van der Waals surface area contributed by atoms with Crippen LogP contribution in [0.1, 0.15) is 28.4 Å². The predicted molar refractivity (Wildman–Crippen MR) is 77.9 cm³/mol. The minimum Gasteiger partial charge on any atom is -0.484 e. The lowest BCUT2D eigenvalue weighted by atomic mass is 9.96. The molecule has 0 fully saturated rings. The summed E-state index contributed by atoms with van der Waals surface area (Å²) < 4.78 is 20.4. The van der Waals surface area contributed by atoms with Gasteiger partial charge >= 0.3 is 0 Å². The van der Waals surface area contributed by atoms with Crippen LogP contribution in [0.15, 0.2) is 40.9 Å². The Morgan fingerprint density at radius 3 is 2.85 bits per heavy atom. The Kier molecular flexibility index (Phi) is 3.52. The minimum atomic E-state index is -0.624. The second-order valence-corrected chi connectivity index (χ2v) is 5.80. The van der Waals surface area contributed by atoms with Gasteiger partial charge in [-0.15, -0.1) is 0 Å². The van der Waals surface area contributed by atoms with E-state index in [1.807, 2.05) is 0 Å². The van der Waals surface area contributed by atoms with Crippen LogP contribution >= 0.6 is 27.5 Å². The summed E-state index contributed by atoms with van der Waals surface area (Å²) in [5.74, 6) is -0.0678. The third kappa shape index (κ3) is 2.34. The molecule has 0 saturated heterocycles. The topological polar surface area (TPSA) is 26.3 Å². The first kappa shape index (κ1) is 13.6. The molecule has 3 rings (SSSR count). The van der Waals surface area contributed by atoms with Crippen LogP contribution in [0.25, 0.3) is 0 Å². The molecule has 0 aromatic heterocycles. The van der Waals surface area contributed by atoms with Gasteiger partial charge in [-0.1, -0.05) is 23.7 Å². The molecular formula is C15H9BrClFO2. The average Bonchev–Trinajstić information content (AvgIpc) is 2.38. The molecule has 1 atom stereocenters. The zero-order chi connectivity index (χ0) is 14.3. The number of benzene rings is 2. The van der Waals surface area contributed by atoms with Crippen LogP contribution in [0.5, 0.6) is 5.75 Å². The summed E-state index contributed by atoms with van der Waals surface area (Å²) in [5, 5.41) is 0.316. The van der Waals surface area contributed by atoms with Crippen molar-refractivity contribution in [2.24, 2.45) is 0 Å². The second kappa shape index (κ2) is 5.19. The third-order valence-corrected chi connectivity index (χ3v) is 4.10. The lowest BCUT2D eigenvalue weighted by Crippen LogP contribution is -2.21. The van der Waals surface area contributed by atoms with Crippen LogP contribution in [0.4, 0.5) is 4.39 Å². The van der Waals surface area contributed by atoms with Crippen molar-refractivity contribution < 1.29 is 13.9 Å². The average molecular weight is 356 g/mol. The molecule has 0 spiro atoms. The molecule has 1 aliphatic rings. The van der Waals surface area contributed by atoms with Crippen molar-refractivity contribution in [2.75, 3.05) is 0 Å². The summed E-state index contributed by atoms with van der Waals surface area (Å²) in [5.41, 5.74) is 0.853. The first-order valence-corrected chi connectivity index (χ1v) is 7.16. The Morgan fingerprint density at radius 2 is 2.10 bits per heavy atom. The second-order valence-electron chi connectivity index (χ2n) is 4.51. The van der Waals surface area contributed by atoms with E-state index < -0.39 is 11.9 Å². The van der Waals surface area contributed by atoms with Gasteiger partial charge in [0.15, 0.2) is 5.78 Å². The van der Waals surface area contributed by atoms with E-state index in [1.54, 1.807) is 30.3 Å². The molecule has 1 heterocycles. The summed E-state index contributed by atoms with van der Waals surface area (Å²) in [6.07, 6.45) is -0.518. The Morgan fingerprint density at radius 1 is 1.30 bits per heavy atom. The van der Waals surface area contributed by atoms with Gasteiger partial charge in [-0.2, -0.15) is 0 Å². The highest BCUT2D eigenvalue weighted by Crippen LogP contribution is 2.39. The number of rotatable bonds is 1. The highest BCUT2D eigenvalue weighted by molar-refractivity contribution is 9.10. The molecule has 2 nitrogen and oxygen atoms in total. The Bertz CT molecular complexity index is 702. The first-order chi connectivity index (χ1) is 9.56. The van der Waals surface area contributed by atoms with Gasteiger partial charge in [0.05, 0.1) is 12.0 Å². The Balaban J connectivity index is 2.01. The van der Waals surface area contributed by atoms with Crippen LogP contribution in [-0.4, -0.2) is 5.78 Å². The lowest BCUT2D eigenvalue weighted by Gasteiger charge is -2.26. The van der Waals surface area contributed by atoms with Gasteiger partial charge in [0, 0.05) is 15.1 Å². The van der Waals surface area contributed by atoms with Crippen LogP contribution < -0.4 is 4.74 Å². The molecule has 0 aliphatic carbocycles. The number of carbonyl (C=O) groups excluding carboxylic acids is 1. The molecule has 5 heteroatoms. The number of ketones is 1. The van der Waals surface area contributed by atoms with E-state index in [-0.39, 0.29) is 12.2 Å². The number of halogens is 3. The zero-order valence-corrected chi connectivity index (χ0v) is 12.5. The summed E-state index contributed by atoms with van der Waals surface area (Å²) in [7, 11) is 0. The molecule has 0 amide bonds.